The average Bonchev–Trinajstić information content (AvgIpc) is 2.65. The highest BCUT2D eigenvalue weighted by molar-refractivity contribution is 6.30. The number of carbonyl (C=O) groups excluding carboxylic acids is 1. The molecule has 3 rings (SSSR count). The van der Waals surface area contributed by atoms with Crippen LogP contribution in [0.5, 0.6) is 0 Å². The van der Waals surface area contributed by atoms with E-state index in [2.05, 4.69) is 20.6 Å². The molecule has 0 spiro atoms. The molecule has 0 unspecified atom stereocenters. The second-order valence-electron chi connectivity index (χ2n) is 5.51. The Kier molecular flexibility index (Phi) is 5.34. The average molecular weight is 369 g/mol. The van der Waals surface area contributed by atoms with Crippen molar-refractivity contribution in [3.63, 3.8) is 0 Å². The van der Waals surface area contributed by atoms with Crippen LogP contribution in [0, 0.1) is 6.92 Å². The summed E-state index contributed by atoms with van der Waals surface area (Å²) >= 11 is 6.05. The van der Waals surface area contributed by atoms with Crippen LogP contribution in [0.4, 0.5) is 23.1 Å². The minimum absolute atomic E-state index is 0.353. The van der Waals surface area contributed by atoms with Crippen molar-refractivity contribution in [2.45, 2.75) is 6.92 Å². The number of methoxy groups -OCH3 is 1. The van der Waals surface area contributed by atoms with E-state index in [1.165, 1.54) is 7.11 Å². The Morgan fingerprint density at radius 2 is 1.88 bits per heavy atom. The second kappa shape index (κ2) is 7.84. The molecule has 1 heterocycles. The van der Waals surface area contributed by atoms with Crippen LogP contribution in [0.1, 0.15) is 15.9 Å². The maximum atomic E-state index is 11.9. The number of para-hydroxylation sites is 1. The molecule has 0 bridgehead atoms. The van der Waals surface area contributed by atoms with Crippen molar-refractivity contribution in [2.75, 3.05) is 17.7 Å². The van der Waals surface area contributed by atoms with Crippen molar-refractivity contribution in [3.8, 4) is 0 Å². The van der Waals surface area contributed by atoms with Crippen LogP contribution in [-0.2, 0) is 4.74 Å². The highest BCUT2D eigenvalue weighted by Gasteiger charge is 2.12. The van der Waals surface area contributed by atoms with Gasteiger partial charge in [0.15, 0.2) is 0 Å². The van der Waals surface area contributed by atoms with Crippen molar-refractivity contribution < 1.29 is 9.53 Å². The molecule has 0 amide bonds. The quantitative estimate of drug-likeness (QED) is 0.635. The molecule has 0 fully saturated rings. The van der Waals surface area contributed by atoms with Crippen LogP contribution in [0.3, 0.4) is 0 Å². The van der Waals surface area contributed by atoms with E-state index >= 15 is 0 Å². The zero-order valence-corrected chi connectivity index (χ0v) is 15.0. The molecular weight excluding hydrogens is 352 g/mol. The van der Waals surface area contributed by atoms with Crippen LogP contribution < -0.4 is 10.6 Å². The molecule has 0 atom stereocenters. The standard InChI is InChI=1S/C19H17ClN4O2/c1-12-7-8-13(20)11-16(12)22-17-9-10-21-19(24-17)23-15-6-4-3-5-14(15)18(25)26-2/h3-11H,1-2H3,(H2,21,22,23,24). The van der Waals surface area contributed by atoms with E-state index < -0.39 is 5.97 Å². The normalized spacial score (nSPS) is 10.3. The SMILES string of the molecule is COC(=O)c1ccccc1Nc1nccc(Nc2cc(Cl)ccc2C)n1. The van der Waals surface area contributed by atoms with Gasteiger partial charge in [0.25, 0.3) is 0 Å². The summed E-state index contributed by atoms with van der Waals surface area (Å²) in [4.78, 5) is 20.5. The molecule has 0 aliphatic carbocycles. The van der Waals surface area contributed by atoms with Gasteiger partial charge in [-0.15, -0.1) is 0 Å². The third-order valence-corrected chi connectivity index (χ3v) is 3.93. The highest BCUT2D eigenvalue weighted by Crippen LogP contribution is 2.24. The van der Waals surface area contributed by atoms with Crippen molar-refractivity contribution in [1.29, 1.82) is 0 Å². The van der Waals surface area contributed by atoms with Crippen LogP contribution in [0.15, 0.2) is 54.7 Å². The number of rotatable bonds is 5. The van der Waals surface area contributed by atoms with Crippen molar-refractivity contribution >= 4 is 40.7 Å². The van der Waals surface area contributed by atoms with Crippen LogP contribution in [0.25, 0.3) is 0 Å². The summed E-state index contributed by atoms with van der Waals surface area (Å²) in [5.74, 6) is 0.520. The molecule has 2 aromatic carbocycles. The molecule has 7 heteroatoms. The maximum absolute atomic E-state index is 11.9. The van der Waals surface area contributed by atoms with Gasteiger partial charge in [-0.25, -0.2) is 9.78 Å². The summed E-state index contributed by atoms with van der Waals surface area (Å²) in [6.07, 6.45) is 1.62. The zero-order valence-electron chi connectivity index (χ0n) is 14.3. The minimum atomic E-state index is -0.433. The number of hydrogen-bond acceptors (Lipinski definition) is 6. The number of esters is 1. The predicted octanol–water partition coefficient (Wildman–Crippen LogP) is 4.71. The largest absolute Gasteiger partial charge is 0.465 e. The van der Waals surface area contributed by atoms with E-state index in [1.54, 1.807) is 30.5 Å². The Hall–Kier alpha value is -3.12. The zero-order chi connectivity index (χ0) is 18.5. The predicted molar refractivity (Wildman–Crippen MR) is 103 cm³/mol. The van der Waals surface area contributed by atoms with Gasteiger partial charge in [0.2, 0.25) is 5.95 Å². The Morgan fingerprint density at radius 1 is 1.08 bits per heavy atom. The summed E-state index contributed by atoms with van der Waals surface area (Å²) in [5, 5.41) is 6.91. The summed E-state index contributed by atoms with van der Waals surface area (Å²) < 4.78 is 4.80. The lowest BCUT2D eigenvalue weighted by molar-refractivity contribution is 0.0602. The third-order valence-electron chi connectivity index (χ3n) is 3.70. The number of carbonyl (C=O) groups is 1. The first-order valence-electron chi connectivity index (χ1n) is 7.87. The third kappa shape index (κ3) is 4.10. The fourth-order valence-corrected chi connectivity index (χ4v) is 2.53. The Labute approximate surface area is 156 Å². The molecule has 0 aliphatic heterocycles. The highest BCUT2D eigenvalue weighted by atomic mass is 35.5. The molecule has 2 N–H and O–H groups in total. The summed E-state index contributed by atoms with van der Waals surface area (Å²) in [5.41, 5.74) is 2.87. The summed E-state index contributed by atoms with van der Waals surface area (Å²) in [7, 11) is 1.34. The number of ether oxygens (including phenoxy) is 1. The van der Waals surface area contributed by atoms with E-state index in [-0.39, 0.29) is 0 Å². The van der Waals surface area contributed by atoms with Gasteiger partial charge in [0, 0.05) is 16.9 Å². The van der Waals surface area contributed by atoms with Gasteiger partial charge >= 0.3 is 5.97 Å². The summed E-state index contributed by atoms with van der Waals surface area (Å²) in [6, 6.07) is 14.3. The maximum Gasteiger partial charge on any atom is 0.339 e. The van der Waals surface area contributed by atoms with Crippen molar-refractivity contribution in [3.05, 3.63) is 70.9 Å². The number of nitrogens with one attached hydrogen (secondary N) is 2. The molecule has 26 heavy (non-hydrogen) atoms. The fraction of sp³-hybridized carbons (Fsp3) is 0.105. The van der Waals surface area contributed by atoms with E-state index in [0.29, 0.717) is 28.0 Å². The Balaban J connectivity index is 1.85. The van der Waals surface area contributed by atoms with Gasteiger partial charge < -0.3 is 15.4 Å². The molecule has 132 valence electrons. The molecule has 6 nitrogen and oxygen atoms in total. The van der Waals surface area contributed by atoms with Crippen LogP contribution in [-0.4, -0.2) is 23.0 Å². The number of aromatic nitrogens is 2. The van der Waals surface area contributed by atoms with E-state index in [0.717, 1.165) is 11.3 Å². The van der Waals surface area contributed by atoms with Gasteiger partial charge in [0.05, 0.1) is 18.4 Å². The number of benzene rings is 2. The number of aryl methyl sites for hydroxylation is 1. The lowest BCUT2D eigenvalue weighted by Gasteiger charge is -2.12. The molecule has 0 aliphatic rings. The topological polar surface area (TPSA) is 76.1 Å². The van der Waals surface area contributed by atoms with Crippen molar-refractivity contribution in [2.24, 2.45) is 0 Å². The molecule has 1 aromatic heterocycles. The first-order valence-corrected chi connectivity index (χ1v) is 8.25. The first-order chi connectivity index (χ1) is 12.6. The van der Waals surface area contributed by atoms with E-state index in [1.807, 2.05) is 31.2 Å². The summed E-state index contributed by atoms with van der Waals surface area (Å²) in [6.45, 7) is 1.98. The number of nitrogens with zero attached hydrogens (tertiary/aromatic N) is 2. The number of anilines is 4. The van der Waals surface area contributed by atoms with Gasteiger partial charge in [-0.2, -0.15) is 4.98 Å². The second-order valence-corrected chi connectivity index (χ2v) is 5.95. The van der Waals surface area contributed by atoms with E-state index in [4.69, 9.17) is 16.3 Å². The fourth-order valence-electron chi connectivity index (χ4n) is 2.36. The molecule has 3 aromatic rings. The molecule has 0 saturated carbocycles. The van der Waals surface area contributed by atoms with Crippen LogP contribution in [0.2, 0.25) is 5.02 Å². The number of halogens is 1. The molecule has 0 saturated heterocycles. The Morgan fingerprint density at radius 3 is 2.69 bits per heavy atom. The molecule has 0 radical (unpaired) electrons. The van der Waals surface area contributed by atoms with E-state index in [9.17, 15) is 4.79 Å². The minimum Gasteiger partial charge on any atom is -0.465 e. The molecular formula is C19H17ClN4O2. The van der Waals surface area contributed by atoms with Gasteiger partial charge in [-0.3, -0.25) is 0 Å². The Bertz CT molecular complexity index is 946. The smallest absolute Gasteiger partial charge is 0.339 e. The van der Waals surface area contributed by atoms with Crippen molar-refractivity contribution in [1.82, 2.24) is 9.97 Å². The lowest BCUT2D eigenvalue weighted by Crippen LogP contribution is -2.07. The van der Waals surface area contributed by atoms with Gasteiger partial charge in [0.1, 0.15) is 5.82 Å². The van der Waals surface area contributed by atoms with Crippen LogP contribution >= 0.6 is 11.6 Å². The number of hydrogen-bond donors (Lipinski definition) is 2. The van der Waals surface area contributed by atoms with Gasteiger partial charge in [-0.1, -0.05) is 29.8 Å². The first kappa shape index (κ1) is 17.7. The lowest BCUT2D eigenvalue weighted by atomic mass is 10.2. The monoisotopic (exact) mass is 368 g/mol. The van der Waals surface area contributed by atoms with Gasteiger partial charge in [-0.05, 0) is 42.8 Å².